The second-order valence-electron chi connectivity index (χ2n) is 5.04. The molecule has 0 atom stereocenters. The zero-order valence-corrected chi connectivity index (χ0v) is 15.2. The van der Waals surface area contributed by atoms with E-state index >= 15 is 0 Å². The maximum atomic E-state index is 12.3. The molecule has 0 unspecified atom stereocenters. The number of nitrogens with one attached hydrogen (secondary N) is 2. The summed E-state index contributed by atoms with van der Waals surface area (Å²) >= 11 is 0. The van der Waals surface area contributed by atoms with E-state index in [2.05, 4.69) is 5.32 Å². The van der Waals surface area contributed by atoms with E-state index in [1.165, 1.54) is 11.9 Å². The van der Waals surface area contributed by atoms with Gasteiger partial charge in [0.2, 0.25) is 5.96 Å². The molecular formula is C17H28N4O3. The minimum atomic E-state index is -0.460. The van der Waals surface area contributed by atoms with Gasteiger partial charge >= 0.3 is 6.03 Å². The first-order valence-corrected chi connectivity index (χ1v) is 8.26. The van der Waals surface area contributed by atoms with Crippen molar-refractivity contribution in [2.45, 2.75) is 40.5 Å². The minimum Gasteiger partial charge on any atom is -0.490 e. The molecule has 134 valence electrons. The molecule has 0 spiro atoms. The number of carbonyl (C=O) groups excluding carboxylic acids is 1. The first-order valence-electron chi connectivity index (χ1n) is 8.26. The van der Waals surface area contributed by atoms with Gasteiger partial charge in [-0.3, -0.25) is 5.41 Å². The van der Waals surface area contributed by atoms with Gasteiger partial charge < -0.3 is 20.5 Å². The number of urea groups is 1. The molecule has 4 N–H and O–H groups in total. The topological polar surface area (TPSA) is 101 Å². The molecule has 0 aromatic heterocycles. The number of anilines is 1. The molecule has 0 aliphatic heterocycles. The molecule has 0 aliphatic rings. The third-order valence-corrected chi connectivity index (χ3v) is 3.60. The maximum absolute atomic E-state index is 12.3. The van der Waals surface area contributed by atoms with Gasteiger partial charge in [0.05, 0.1) is 18.9 Å². The smallest absolute Gasteiger partial charge is 0.328 e. The highest BCUT2D eigenvalue weighted by Crippen LogP contribution is 2.42. The predicted molar refractivity (Wildman–Crippen MR) is 96.4 cm³/mol. The Kier molecular flexibility index (Phi) is 7.35. The monoisotopic (exact) mass is 336 g/mol. The van der Waals surface area contributed by atoms with Gasteiger partial charge in [0.1, 0.15) is 0 Å². The highest BCUT2D eigenvalue weighted by atomic mass is 16.5. The number of hydrogen-bond donors (Lipinski definition) is 3. The van der Waals surface area contributed by atoms with Gasteiger partial charge in [-0.1, -0.05) is 13.8 Å². The molecule has 7 heteroatoms. The van der Waals surface area contributed by atoms with Gasteiger partial charge in [0.15, 0.2) is 11.5 Å². The first-order chi connectivity index (χ1) is 11.5. The lowest BCUT2D eigenvalue weighted by atomic mass is 9.99. The van der Waals surface area contributed by atoms with Gasteiger partial charge in [0, 0.05) is 12.6 Å². The van der Waals surface area contributed by atoms with Crippen LogP contribution in [0.15, 0.2) is 6.07 Å². The van der Waals surface area contributed by atoms with Crippen molar-refractivity contribution in [1.82, 2.24) is 5.32 Å². The van der Waals surface area contributed by atoms with Crippen molar-refractivity contribution in [3.05, 3.63) is 17.2 Å². The molecule has 7 nitrogen and oxygen atoms in total. The van der Waals surface area contributed by atoms with Gasteiger partial charge in [-0.25, -0.2) is 9.69 Å². The summed E-state index contributed by atoms with van der Waals surface area (Å²) in [5.41, 5.74) is 7.96. The molecule has 1 aromatic rings. The van der Waals surface area contributed by atoms with E-state index in [4.69, 9.17) is 20.6 Å². The van der Waals surface area contributed by atoms with E-state index in [0.29, 0.717) is 43.2 Å². The van der Waals surface area contributed by atoms with Crippen LogP contribution in [0.2, 0.25) is 0 Å². The number of rotatable bonds is 7. The summed E-state index contributed by atoms with van der Waals surface area (Å²) in [7, 11) is 1.51. The molecule has 0 heterocycles. The van der Waals surface area contributed by atoms with E-state index in [9.17, 15) is 4.79 Å². The number of nitrogens with two attached hydrogens (primary N) is 1. The number of hydrogen-bond acceptors (Lipinski definition) is 4. The molecule has 0 saturated heterocycles. The Morgan fingerprint density at radius 2 is 1.83 bits per heavy atom. The Labute approximate surface area is 143 Å². The zero-order valence-electron chi connectivity index (χ0n) is 15.2. The summed E-state index contributed by atoms with van der Waals surface area (Å²) in [5.74, 6) is 0.909. The van der Waals surface area contributed by atoms with Crippen LogP contribution in [0, 0.1) is 5.41 Å². The second-order valence-corrected chi connectivity index (χ2v) is 5.04. The van der Waals surface area contributed by atoms with Crippen LogP contribution in [-0.4, -0.2) is 32.3 Å². The lowest BCUT2D eigenvalue weighted by Gasteiger charge is -2.28. The van der Waals surface area contributed by atoms with E-state index in [-0.39, 0.29) is 5.96 Å². The van der Waals surface area contributed by atoms with Gasteiger partial charge in [-0.05, 0) is 38.3 Å². The van der Waals surface area contributed by atoms with Crippen LogP contribution >= 0.6 is 0 Å². The fraction of sp³-hybridized carbons (Fsp3) is 0.529. The van der Waals surface area contributed by atoms with Crippen molar-refractivity contribution in [3.63, 3.8) is 0 Å². The lowest BCUT2D eigenvalue weighted by Crippen LogP contribution is -2.47. The quantitative estimate of drug-likeness (QED) is 0.526. The Morgan fingerprint density at radius 1 is 1.21 bits per heavy atom. The summed E-state index contributed by atoms with van der Waals surface area (Å²) in [4.78, 5) is 13.5. The minimum absolute atomic E-state index is 0.342. The van der Waals surface area contributed by atoms with Crippen molar-refractivity contribution in [2.75, 3.05) is 25.2 Å². The zero-order chi connectivity index (χ0) is 18.3. The summed E-state index contributed by atoms with van der Waals surface area (Å²) in [6.45, 7) is 8.74. The molecule has 0 fully saturated rings. The van der Waals surface area contributed by atoms with Gasteiger partial charge in [0.25, 0.3) is 0 Å². The summed E-state index contributed by atoms with van der Waals surface area (Å²) < 4.78 is 11.5. The number of guanidine groups is 1. The van der Waals surface area contributed by atoms with Crippen LogP contribution in [0.1, 0.15) is 38.8 Å². The lowest BCUT2D eigenvalue weighted by molar-refractivity contribution is 0.250. The summed E-state index contributed by atoms with van der Waals surface area (Å²) in [6, 6.07) is 1.40. The molecule has 1 aromatic carbocycles. The van der Waals surface area contributed by atoms with Crippen molar-refractivity contribution >= 4 is 17.7 Å². The molecule has 0 radical (unpaired) electrons. The number of nitrogens with zero attached hydrogens (tertiary/aromatic N) is 1. The fourth-order valence-electron chi connectivity index (χ4n) is 2.63. The van der Waals surface area contributed by atoms with Crippen LogP contribution in [0.3, 0.4) is 0 Å². The van der Waals surface area contributed by atoms with Crippen molar-refractivity contribution in [1.29, 1.82) is 5.41 Å². The molecule has 2 amide bonds. The Morgan fingerprint density at radius 3 is 2.25 bits per heavy atom. The van der Waals surface area contributed by atoms with Crippen molar-refractivity contribution in [2.24, 2.45) is 5.73 Å². The fourth-order valence-corrected chi connectivity index (χ4v) is 2.63. The normalized spacial score (nSPS) is 10.2. The Bertz CT molecular complexity index is 602. The highest BCUT2D eigenvalue weighted by Gasteiger charge is 2.27. The van der Waals surface area contributed by atoms with Crippen LogP contribution < -0.4 is 25.4 Å². The van der Waals surface area contributed by atoms with Crippen LogP contribution in [0.4, 0.5) is 10.5 Å². The average molecular weight is 336 g/mol. The number of benzene rings is 1. The first kappa shape index (κ1) is 19.6. The maximum Gasteiger partial charge on any atom is 0.328 e. The van der Waals surface area contributed by atoms with Crippen LogP contribution in [0.5, 0.6) is 11.5 Å². The SMILES string of the molecule is CCOc1cc(CC)c(N(C(=N)N)C(=O)NC)c(CC)c1OCC. The largest absolute Gasteiger partial charge is 0.490 e. The molecule has 1 rings (SSSR count). The third-order valence-electron chi connectivity index (χ3n) is 3.60. The van der Waals surface area contributed by atoms with Crippen LogP contribution in [-0.2, 0) is 12.8 Å². The average Bonchev–Trinajstić information content (AvgIpc) is 2.56. The molecule has 24 heavy (non-hydrogen) atoms. The Balaban J connectivity index is 3.75. The standard InChI is InChI=1S/C17H28N4O3/c1-6-11-10-13(23-8-3)15(24-9-4)12(7-2)14(11)21(16(18)19)17(22)20-5/h10H,6-9H2,1-5H3,(H3,18,19)(H,20,22). The van der Waals surface area contributed by atoms with Crippen molar-refractivity contribution in [3.8, 4) is 11.5 Å². The molecular weight excluding hydrogens is 308 g/mol. The van der Waals surface area contributed by atoms with E-state index in [1.807, 2.05) is 33.8 Å². The second kappa shape index (κ2) is 9.00. The predicted octanol–water partition coefficient (Wildman–Crippen LogP) is 2.65. The van der Waals surface area contributed by atoms with E-state index in [1.54, 1.807) is 0 Å². The summed E-state index contributed by atoms with van der Waals surface area (Å²) in [6.07, 6.45) is 1.27. The Hall–Kier alpha value is -2.44. The number of amides is 2. The summed E-state index contributed by atoms with van der Waals surface area (Å²) in [5, 5.41) is 10.4. The van der Waals surface area contributed by atoms with E-state index in [0.717, 1.165) is 11.1 Å². The number of ether oxygens (including phenoxy) is 2. The van der Waals surface area contributed by atoms with Crippen molar-refractivity contribution < 1.29 is 14.3 Å². The highest BCUT2D eigenvalue weighted by molar-refractivity contribution is 6.15. The molecule has 0 aliphatic carbocycles. The number of carbonyl (C=O) groups is 1. The molecule has 0 bridgehead atoms. The number of aryl methyl sites for hydroxylation is 1. The van der Waals surface area contributed by atoms with Crippen LogP contribution in [0.25, 0.3) is 0 Å². The van der Waals surface area contributed by atoms with E-state index < -0.39 is 6.03 Å². The van der Waals surface area contributed by atoms with Gasteiger partial charge in [-0.15, -0.1) is 0 Å². The molecule has 0 saturated carbocycles. The third kappa shape index (κ3) is 3.90. The van der Waals surface area contributed by atoms with Gasteiger partial charge in [-0.2, -0.15) is 0 Å².